The molecule has 0 radical (unpaired) electrons. The fourth-order valence-electron chi connectivity index (χ4n) is 3.97. The minimum absolute atomic E-state index is 0.0373. The molecule has 1 aliphatic carbocycles. The molecule has 1 saturated carbocycles. The molecule has 30 heavy (non-hydrogen) atoms. The summed E-state index contributed by atoms with van der Waals surface area (Å²) in [6.07, 6.45) is 5.74. The largest absolute Gasteiger partial charge is 0.356 e. The van der Waals surface area contributed by atoms with Gasteiger partial charge in [0.1, 0.15) is 5.82 Å². The van der Waals surface area contributed by atoms with Crippen LogP contribution in [0.5, 0.6) is 0 Å². The van der Waals surface area contributed by atoms with Gasteiger partial charge in [0.25, 0.3) is 0 Å². The maximum atomic E-state index is 13.6. The average molecular weight is 412 g/mol. The lowest BCUT2D eigenvalue weighted by Gasteiger charge is -2.34. The van der Waals surface area contributed by atoms with Crippen LogP contribution in [0, 0.1) is 5.82 Å². The van der Waals surface area contributed by atoms with Crippen molar-refractivity contribution in [1.82, 2.24) is 25.5 Å². The van der Waals surface area contributed by atoms with Crippen LogP contribution < -0.4 is 15.5 Å². The van der Waals surface area contributed by atoms with Crippen molar-refractivity contribution >= 4 is 11.9 Å². The summed E-state index contributed by atoms with van der Waals surface area (Å²) in [4.78, 5) is 17.7. The molecule has 0 atom stereocenters. The summed E-state index contributed by atoms with van der Waals surface area (Å²) < 4.78 is 13.6. The van der Waals surface area contributed by atoms with Gasteiger partial charge in [0, 0.05) is 70.7 Å². The van der Waals surface area contributed by atoms with Gasteiger partial charge in [-0.3, -0.25) is 9.89 Å². The van der Waals surface area contributed by atoms with Crippen molar-refractivity contribution in [3.05, 3.63) is 54.1 Å². The third-order valence-electron chi connectivity index (χ3n) is 6.04. The van der Waals surface area contributed by atoms with Crippen molar-refractivity contribution in [1.29, 1.82) is 0 Å². The van der Waals surface area contributed by atoms with Crippen molar-refractivity contribution in [2.75, 3.05) is 57.8 Å². The highest BCUT2D eigenvalue weighted by atomic mass is 19.1. The molecule has 8 heteroatoms. The Morgan fingerprint density at radius 1 is 1.10 bits per heavy atom. The van der Waals surface area contributed by atoms with Gasteiger partial charge >= 0.3 is 0 Å². The Bertz CT molecular complexity index is 846. The van der Waals surface area contributed by atoms with Gasteiger partial charge in [-0.05, 0) is 36.6 Å². The lowest BCUT2D eigenvalue weighted by atomic mass is 9.96. The van der Waals surface area contributed by atoms with E-state index in [1.54, 1.807) is 31.6 Å². The third-order valence-corrected chi connectivity index (χ3v) is 6.04. The topological polar surface area (TPSA) is 68.7 Å². The molecule has 1 aromatic heterocycles. The number of aromatic nitrogens is 2. The van der Waals surface area contributed by atoms with E-state index in [0.717, 1.165) is 76.1 Å². The van der Waals surface area contributed by atoms with Crippen molar-refractivity contribution in [2.24, 2.45) is 4.99 Å². The first kappa shape index (κ1) is 20.5. The number of aliphatic imine (C=N–C) groups is 1. The zero-order valence-corrected chi connectivity index (χ0v) is 17.5. The van der Waals surface area contributed by atoms with Crippen LogP contribution in [-0.4, -0.2) is 73.7 Å². The first-order chi connectivity index (χ1) is 14.7. The molecule has 1 saturated heterocycles. The second-order valence-electron chi connectivity index (χ2n) is 8.02. The number of rotatable bonds is 7. The molecular weight excluding hydrogens is 381 g/mol. The van der Waals surface area contributed by atoms with Gasteiger partial charge in [-0.15, -0.1) is 0 Å². The Morgan fingerprint density at radius 3 is 2.53 bits per heavy atom. The summed E-state index contributed by atoms with van der Waals surface area (Å²) >= 11 is 0. The van der Waals surface area contributed by atoms with Crippen LogP contribution in [0.15, 0.2) is 47.7 Å². The molecule has 0 bridgehead atoms. The molecule has 1 aromatic carbocycles. The second kappa shape index (κ2) is 9.38. The van der Waals surface area contributed by atoms with Gasteiger partial charge in [-0.2, -0.15) is 0 Å². The predicted molar refractivity (Wildman–Crippen MR) is 117 cm³/mol. The Labute approximate surface area is 177 Å². The van der Waals surface area contributed by atoms with Gasteiger partial charge in [0.05, 0.1) is 0 Å². The summed E-state index contributed by atoms with van der Waals surface area (Å²) in [6.45, 7) is 6.42. The van der Waals surface area contributed by atoms with Crippen molar-refractivity contribution in [3.63, 3.8) is 0 Å². The van der Waals surface area contributed by atoms with E-state index in [-0.39, 0.29) is 11.2 Å². The summed E-state index contributed by atoms with van der Waals surface area (Å²) in [5.41, 5.74) is 1.11. The maximum Gasteiger partial charge on any atom is 0.225 e. The molecule has 2 heterocycles. The van der Waals surface area contributed by atoms with E-state index < -0.39 is 0 Å². The molecule has 2 N–H and O–H groups in total. The molecule has 160 valence electrons. The number of anilines is 1. The van der Waals surface area contributed by atoms with Gasteiger partial charge in [0.2, 0.25) is 5.95 Å². The second-order valence-corrected chi connectivity index (χ2v) is 8.02. The van der Waals surface area contributed by atoms with E-state index in [1.807, 2.05) is 12.1 Å². The lowest BCUT2D eigenvalue weighted by molar-refractivity contribution is 0.260. The van der Waals surface area contributed by atoms with Crippen LogP contribution >= 0.6 is 0 Å². The summed E-state index contributed by atoms with van der Waals surface area (Å²) in [5, 5.41) is 6.84. The van der Waals surface area contributed by atoms with E-state index in [4.69, 9.17) is 0 Å². The number of benzene rings is 1. The zero-order chi connectivity index (χ0) is 20.8. The Balaban J connectivity index is 1.18. The predicted octanol–water partition coefficient (Wildman–Crippen LogP) is 1.63. The maximum absolute atomic E-state index is 13.6. The highest BCUT2D eigenvalue weighted by Gasteiger charge is 2.44. The zero-order valence-electron chi connectivity index (χ0n) is 17.5. The molecule has 0 unspecified atom stereocenters. The molecule has 7 nitrogen and oxygen atoms in total. The third kappa shape index (κ3) is 5.05. The first-order valence-electron chi connectivity index (χ1n) is 10.6. The van der Waals surface area contributed by atoms with Crippen molar-refractivity contribution < 1.29 is 4.39 Å². The Morgan fingerprint density at radius 2 is 1.87 bits per heavy atom. The highest BCUT2D eigenvalue weighted by Crippen LogP contribution is 2.47. The van der Waals surface area contributed by atoms with Crippen LogP contribution in [0.2, 0.25) is 0 Å². The molecule has 4 rings (SSSR count). The minimum Gasteiger partial charge on any atom is -0.356 e. The molecule has 0 amide bonds. The van der Waals surface area contributed by atoms with Crippen LogP contribution in [-0.2, 0) is 5.41 Å². The average Bonchev–Trinajstić information content (AvgIpc) is 3.58. The van der Waals surface area contributed by atoms with Crippen LogP contribution in [0.4, 0.5) is 10.3 Å². The number of hydrogen-bond acceptors (Lipinski definition) is 5. The fourth-order valence-corrected chi connectivity index (χ4v) is 3.97. The molecule has 2 aromatic rings. The van der Waals surface area contributed by atoms with E-state index in [2.05, 4.69) is 35.4 Å². The van der Waals surface area contributed by atoms with Crippen LogP contribution in [0.25, 0.3) is 0 Å². The standard InChI is InChI=1S/C22H30FN7/c1-24-20(28-17-22(6-7-22)18-4-2-5-19(23)16-18)25-10-11-29-12-14-30(15-13-29)21-26-8-3-9-27-21/h2-5,8-9,16H,6-7,10-15,17H2,1H3,(H2,24,25,28). The van der Waals surface area contributed by atoms with E-state index in [1.165, 1.54) is 6.07 Å². The quantitative estimate of drug-likeness (QED) is 0.533. The highest BCUT2D eigenvalue weighted by molar-refractivity contribution is 5.79. The van der Waals surface area contributed by atoms with Gasteiger partial charge in [0.15, 0.2) is 5.96 Å². The number of nitrogens with zero attached hydrogens (tertiary/aromatic N) is 5. The van der Waals surface area contributed by atoms with E-state index >= 15 is 0 Å². The monoisotopic (exact) mass is 411 g/mol. The van der Waals surface area contributed by atoms with Crippen molar-refractivity contribution in [3.8, 4) is 0 Å². The normalized spacial score (nSPS) is 18.9. The number of piperazine rings is 1. The minimum atomic E-state index is -0.166. The van der Waals surface area contributed by atoms with E-state index in [0.29, 0.717) is 0 Å². The first-order valence-corrected chi connectivity index (χ1v) is 10.6. The number of halogens is 1. The van der Waals surface area contributed by atoms with Crippen molar-refractivity contribution in [2.45, 2.75) is 18.3 Å². The van der Waals surface area contributed by atoms with Crippen LogP contribution in [0.1, 0.15) is 18.4 Å². The number of guanidine groups is 1. The number of hydrogen-bond donors (Lipinski definition) is 2. The van der Waals surface area contributed by atoms with Crippen LogP contribution in [0.3, 0.4) is 0 Å². The summed E-state index contributed by atoms with van der Waals surface area (Å²) in [6, 6.07) is 8.82. The molecule has 2 fully saturated rings. The van der Waals surface area contributed by atoms with Gasteiger partial charge < -0.3 is 15.5 Å². The summed E-state index contributed by atoms with van der Waals surface area (Å²) in [7, 11) is 1.79. The number of nitrogens with one attached hydrogen (secondary N) is 2. The molecule has 2 aliphatic rings. The molecule has 1 aliphatic heterocycles. The van der Waals surface area contributed by atoms with Gasteiger partial charge in [-0.25, -0.2) is 14.4 Å². The van der Waals surface area contributed by atoms with Gasteiger partial charge in [-0.1, -0.05) is 12.1 Å². The Hall–Kier alpha value is -2.74. The Kier molecular flexibility index (Phi) is 6.42. The smallest absolute Gasteiger partial charge is 0.225 e. The van der Waals surface area contributed by atoms with E-state index in [9.17, 15) is 4.39 Å². The molecule has 0 spiro atoms. The summed E-state index contributed by atoms with van der Waals surface area (Å²) in [5.74, 6) is 1.45. The fraction of sp³-hybridized carbons (Fsp3) is 0.500. The lowest BCUT2D eigenvalue weighted by Crippen LogP contribution is -2.50. The SMILES string of the molecule is CN=C(NCCN1CCN(c2ncccn2)CC1)NCC1(c2cccc(F)c2)CC1. The molecular formula is C22H30FN7.